The first-order chi connectivity index (χ1) is 6.44. The number of rotatable bonds is 5. The smallest absolute Gasteiger partial charge is 0.231 e. The lowest BCUT2D eigenvalue weighted by molar-refractivity contribution is -0.561. The van der Waals surface area contributed by atoms with Crippen LogP contribution in [0, 0.1) is 28.0 Å². The molecule has 0 rings (SSSR count). The van der Waals surface area contributed by atoms with Crippen LogP contribution in [-0.2, 0) is 0 Å². The molecule has 0 amide bonds. The molecule has 0 heterocycles. The van der Waals surface area contributed by atoms with Gasteiger partial charge in [0.2, 0.25) is 11.6 Å². The van der Waals surface area contributed by atoms with Gasteiger partial charge in [-0.1, -0.05) is 0 Å². The van der Waals surface area contributed by atoms with Gasteiger partial charge in [-0.05, 0) is 0 Å². The molecule has 0 aromatic rings. The van der Waals surface area contributed by atoms with Crippen molar-refractivity contribution in [2.24, 2.45) is 0 Å². The van der Waals surface area contributed by atoms with Gasteiger partial charge < -0.3 is 4.85 Å². The fourth-order valence-electron chi connectivity index (χ4n) is 1.09. The van der Waals surface area contributed by atoms with E-state index in [2.05, 4.69) is 4.85 Å². The first-order valence-electron chi connectivity index (χ1n) is 4.32. The fraction of sp³-hybridized carbons (Fsp3) is 0.778. The van der Waals surface area contributed by atoms with Gasteiger partial charge in [0, 0.05) is 31.6 Å². The summed E-state index contributed by atoms with van der Waals surface area (Å²) >= 11 is 0. The molecule has 0 spiro atoms. The van der Waals surface area contributed by atoms with Crippen molar-refractivity contribution in [1.82, 2.24) is 0 Å². The summed E-state index contributed by atoms with van der Waals surface area (Å²) in [5.74, 6) is 0. The molecular weight excluding hydrogens is 182 g/mol. The monoisotopic (exact) mass is 195 g/mol. The Hall–Kier alpha value is -1.62. The van der Waals surface area contributed by atoms with Crippen LogP contribution >= 0.6 is 0 Å². The Kier molecular flexibility index (Phi) is 4.58. The molecule has 14 heavy (non-hydrogen) atoms. The van der Waals surface area contributed by atoms with Crippen molar-refractivity contribution < 1.29 is 4.92 Å². The first kappa shape index (κ1) is 12.4. The standard InChI is InChI=1S/C9H13N3O2/c1-9(2,12(13)14)7-8(11-3)5-4-6-10/h8H,4-5,7H2,1-2H3. The molecule has 76 valence electrons. The average Bonchev–Trinajstić information content (AvgIpc) is 2.11. The number of nitro groups is 1. The zero-order valence-electron chi connectivity index (χ0n) is 8.36. The largest absolute Gasteiger partial charge is 0.313 e. The first-order valence-corrected chi connectivity index (χ1v) is 4.32. The Labute approximate surface area is 83.3 Å². The Morgan fingerprint density at radius 3 is 2.64 bits per heavy atom. The maximum absolute atomic E-state index is 10.6. The van der Waals surface area contributed by atoms with Gasteiger partial charge in [-0.2, -0.15) is 5.26 Å². The van der Waals surface area contributed by atoms with Crippen molar-refractivity contribution in [2.75, 3.05) is 0 Å². The third-order valence-corrected chi connectivity index (χ3v) is 2.00. The SMILES string of the molecule is [C-]#[N+]C(CCC#N)CC(C)(C)[N+](=O)[O-]. The highest BCUT2D eigenvalue weighted by molar-refractivity contribution is 4.88. The van der Waals surface area contributed by atoms with Gasteiger partial charge in [-0.25, -0.2) is 6.57 Å². The summed E-state index contributed by atoms with van der Waals surface area (Å²) < 4.78 is 0. The molecular formula is C9H13N3O2. The summed E-state index contributed by atoms with van der Waals surface area (Å²) in [5.41, 5.74) is -1.08. The van der Waals surface area contributed by atoms with E-state index in [4.69, 9.17) is 11.8 Å². The van der Waals surface area contributed by atoms with Crippen LogP contribution in [0.15, 0.2) is 0 Å². The van der Waals surface area contributed by atoms with E-state index in [1.807, 2.05) is 6.07 Å². The van der Waals surface area contributed by atoms with Gasteiger partial charge in [0.05, 0.1) is 12.5 Å². The van der Waals surface area contributed by atoms with Crippen molar-refractivity contribution in [3.05, 3.63) is 21.5 Å². The minimum absolute atomic E-state index is 0.200. The maximum atomic E-state index is 10.6. The van der Waals surface area contributed by atoms with E-state index in [0.29, 0.717) is 6.42 Å². The second kappa shape index (κ2) is 5.18. The quantitative estimate of drug-likeness (QED) is 0.382. The predicted octanol–water partition coefficient (Wildman–Crippen LogP) is 2.02. The molecule has 1 atom stereocenters. The molecule has 0 aliphatic carbocycles. The molecule has 0 radical (unpaired) electrons. The number of hydrogen-bond acceptors (Lipinski definition) is 3. The summed E-state index contributed by atoms with van der Waals surface area (Å²) in [5, 5.41) is 18.9. The van der Waals surface area contributed by atoms with Crippen LogP contribution in [0.4, 0.5) is 0 Å². The van der Waals surface area contributed by atoms with Crippen molar-refractivity contribution in [3.8, 4) is 6.07 Å². The van der Waals surface area contributed by atoms with Gasteiger partial charge in [0.25, 0.3) is 0 Å². The third kappa shape index (κ3) is 3.86. The van der Waals surface area contributed by atoms with Gasteiger partial charge in [0.15, 0.2) is 0 Å². The lowest BCUT2D eigenvalue weighted by atomic mass is 9.94. The Morgan fingerprint density at radius 1 is 1.71 bits per heavy atom. The molecule has 5 heteroatoms. The van der Waals surface area contributed by atoms with Crippen molar-refractivity contribution in [1.29, 1.82) is 5.26 Å². The minimum Gasteiger partial charge on any atom is -0.313 e. The van der Waals surface area contributed by atoms with Gasteiger partial charge >= 0.3 is 0 Å². The fourth-order valence-corrected chi connectivity index (χ4v) is 1.09. The van der Waals surface area contributed by atoms with Crippen LogP contribution in [0.2, 0.25) is 0 Å². The zero-order chi connectivity index (χ0) is 11.2. The Morgan fingerprint density at radius 2 is 2.29 bits per heavy atom. The lowest BCUT2D eigenvalue weighted by Gasteiger charge is -2.15. The van der Waals surface area contributed by atoms with Crippen LogP contribution in [0.1, 0.15) is 33.1 Å². The lowest BCUT2D eigenvalue weighted by Crippen LogP contribution is -2.34. The molecule has 1 unspecified atom stereocenters. The normalized spacial score (nSPS) is 12.6. The van der Waals surface area contributed by atoms with Gasteiger partial charge in [-0.15, -0.1) is 0 Å². The molecule has 0 bridgehead atoms. The van der Waals surface area contributed by atoms with Gasteiger partial charge in [-0.3, -0.25) is 10.1 Å². The highest BCUT2D eigenvalue weighted by Gasteiger charge is 2.36. The van der Waals surface area contributed by atoms with Crippen LogP contribution in [-0.4, -0.2) is 16.5 Å². The van der Waals surface area contributed by atoms with Crippen LogP contribution in [0.25, 0.3) is 4.85 Å². The third-order valence-electron chi connectivity index (χ3n) is 2.00. The second-order valence-electron chi connectivity index (χ2n) is 3.75. The summed E-state index contributed by atoms with van der Waals surface area (Å²) in [6, 6.07) is 1.51. The summed E-state index contributed by atoms with van der Waals surface area (Å²) in [4.78, 5) is 13.5. The topological polar surface area (TPSA) is 71.3 Å². The molecule has 0 N–H and O–H groups in total. The molecule has 0 aromatic heterocycles. The predicted molar refractivity (Wildman–Crippen MR) is 50.9 cm³/mol. The van der Waals surface area contributed by atoms with E-state index in [9.17, 15) is 10.1 Å². The second-order valence-corrected chi connectivity index (χ2v) is 3.75. The average molecular weight is 195 g/mol. The van der Waals surface area contributed by atoms with Crippen LogP contribution in [0.5, 0.6) is 0 Å². The Bertz CT molecular complexity index is 285. The van der Waals surface area contributed by atoms with Crippen LogP contribution < -0.4 is 0 Å². The molecule has 0 fully saturated rings. The number of hydrogen-bond donors (Lipinski definition) is 0. The van der Waals surface area contributed by atoms with E-state index in [1.165, 1.54) is 13.8 Å². The Balaban J connectivity index is 4.27. The van der Waals surface area contributed by atoms with E-state index in [0.717, 1.165) is 0 Å². The van der Waals surface area contributed by atoms with Crippen molar-refractivity contribution in [2.45, 2.75) is 44.7 Å². The molecule has 5 nitrogen and oxygen atoms in total. The van der Waals surface area contributed by atoms with Crippen molar-refractivity contribution >= 4 is 0 Å². The van der Waals surface area contributed by atoms with E-state index in [-0.39, 0.29) is 17.8 Å². The minimum atomic E-state index is -1.08. The number of nitrogens with zero attached hydrogens (tertiary/aromatic N) is 3. The molecule has 0 aliphatic heterocycles. The molecule has 0 aliphatic rings. The van der Waals surface area contributed by atoms with E-state index in [1.54, 1.807) is 0 Å². The molecule has 0 aromatic carbocycles. The number of nitriles is 1. The summed E-state index contributed by atoms with van der Waals surface area (Å²) in [7, 11) is 0. The van der Waals surface area contributed by atoms with E-state index >= 15 is 0 Å². The van der Waals surface area contributed by atoms with Gasteiger partial charge in [0.1, 0.15) is 0 Å². The molecule has 0 saturated carbocycles. The van der Waals surface area contributed by atoms with Crippen molar-refractivity contribution in [3.63, 3.8) is 0 Å². The van der Waals surface area contributed by atoms with E-state index < -0.39 is 11.6 Å². The highest BCUT2D eigenvalue weighted by Crippen LogP contribution is 2.20. The molecule has 0 saturated heterocycles. The highest BCUT2D eigenvalue weighted by atomic mass is 16.6. The zero-order valence-corrected chi connectivity index (χ0v) is 8.36. The van der Waals surface area contributed by atoms with Crippen LogP contribution in [0.3, 0.4) is 0 Å². The summed E-state index contributed by atoms with van der Waals surface area (Å²) in [6.07, 6.45) is 0.892. The summed E-state index contributed by atoms with van der Waals surface area (Å²) in [6.45, 7) is 9.85. The maximum Gasteiger partial charge on any atom is 0.231 e.